The molecule has 0 aliphatic rings. The summed E-state index contributed by atoms with van der Waals surface area (Å²) >= 11 is 3.58. The largest absolute Gasteiger partial charge is 0.260 e. The third-order valence-corrected chi connectivity index (χ3v) is 3.03. The number of pyridine rings is 1. The first kappa shape index (κ1) is 8.76. The van der Waals surface area contributed by atoms with Gasteiger partial charge < -0.3 is 0 Å². The first-order valence-electron chi connectivity index (χ1n) is 4.35. The van der Waals surface area contributed by atoms with Crippen molar-refractivity contribution in [3.05, 3.63) is 40.6 Å². The molecule has 0 amide bonds. The van der Waals surface area contributed by atoms with Gasteiger partial charge in [-0.15, -0.1) is 0 Å². The molecule has 0 aliphatic carbocycles. The minimum Gasteiger partial charge on any atom is -0.260 e. The number of fused-ring (bicyclic) bond motifs is 1. The summed E-state index contributed by atoms with van der Waals surface area (Å²) in [5.41, 5.74) is 1.12. The fourth-order valence-corrected chi connectivity index (χ4v) is 2.16. The van der Waals surface area contributed by atoms with Gasteiger partial charge in [0.1, 0.15) is 7.85 Å². The molecule has 3 heteroatoms. The van der Waals surface area contributed by atoms with Crippen molar-refractivity contribution in [1.29, 1.82) is 0 Å². The van der Waals surface area contributed by atoms with E-state index in [1.807, 2.05) is 18.3 Å². The number of halogens is 1. The van der Waals surface area contributed by atoms with E-state index in [2.05, 4.69) is 40.9 Å². The van der Waals surface area contributed by atoms with E-state index in [1.165, 1.54) is 10.8 Å². The summed E-state index contributed by atoms with van der Waals surface area (Å²) in [6, 6.07) is 8.27. The van der Waals surface area contributed by atoms with Crippen LogP contribution in [0.3, 0.4) is 0 Å². The van der Waals surface area contributed by atoms with Crippen LogP contribution in [0.5, 0.6) is 0 Å². The van der Waals surface area contributed by atoms with Crippen molar-refractivity contribution >= 4 is 34.5 Å². The zero-order valence-electron chi connectivity index (χ0n) is 7.42. The molecule has 1 aromatic carbocycles. The third kappa shape index (κ3) is 1.48. The Kier molecular flexibility index (Phi) is 2.36. The van der Waals surface area contributed by atoms with Crippen molar-refractivity contribution < 1.29 is 0 Å². The minimum atomic E-state index is 0.964. The van der Waals surface area contributed by atoms with Crippen LogP contribution in [0.1, 0.15) is 5.69 Å². The molecule has 0 bridgehead atoms. The van der Waals surface area contributed by atoms with Gasteiger partial charge in [0, 0.05) is 21.7 Å². The Morgan fingerprint density at radius 3 is 2.85 bits per heavy atom. The van der Waals surface area contributed by atoms with Crippen LogP contribution in [0.4, 0.5) is 0 Å². The number of aromatic nitrogens is 1. The smallest absolute Gasteiger partial charge is 0.109 e. The molecule has 0 aliphatic heterocycles. The lowest BCUT2D eigenvalue weighted by Crippen LogP contribution is -1.91. The summed E-state index contributed by atoms with van der Waals surface area (Å²) < 4.78 is 1.13. The van der Waals surface area contributed by atoms with Crippen molar-refractivity contribution in [2.24, 2.45) is 0 Å². The van der Waals surface area contributed by atoms with Crippen LogP contribution in [0.2, 0.25) is 0 Å². The van der Waals surface area contributed by atoms with Crippen LogP contribution < -0.4 is 0 Å². The highest BCUT2D eigenvalue weighted by molar-refractivity contribution is 9.10. The van der Waals surface area contributed by atoms with Gasteiger partial charge in [0.25, 0.3) is 0 Å². The van der Waals surface area contributed by atoms with Gasteiger partial charge in [-0.1, -0.05) is 24.3 Å². The highest BCUT2D eigenvalue weighted by atomic mass is 79.9. The Bertz CT molecular complexity index is 442. The monoisotopic (exact) mass is 233 g/mol. The fraction of sp³-hybridized carbons (Fsp3) is 0.100. The maximum atomic E-state index is 4.38. The fourth-order valence-electron chi connectivity index (χ4n) is 1.42. The highest BCUT2D eigenvalue weighted by Crippen LogP contribution is 2.25. The maximum absolute atomic E-state index is 4.38. The molecule has 0 N–H and O–H groups in total. The van der Waals surface area contributed by atoms with Crippen molar-refractivity contribution in [1.82, 2.24) is 4.98 Å². The van der Waals surface area contributed by atoms with Gasteiger partial charge in [0.15, 0.2) is 0 Å². The summed E-state index contributed by atoms with van der Waals surface area (Å²) in [4.78, 5) is 4.38. The Balaban J connectivity index is 2.79. The van der Waals surface area contributed by atoms with Crippen molar-refractivity contribution in [2.45, 2.75) is 6.32 Å². The molecule has 0 saturated carbocycles. The van der Waals surface area contributed by atoms with E-state index in [1.54, 1.807) is 0 Å². The molecule has 0 unspecified atom stereocenters. The number of nitrogens with zero attached hydrogens (tertiary/aromatic N) is 1. The van der Waals surface area contributed by atoms with Gasteiger partial charge in [-0.3, -0.25) is 4.98 Å². The normalized spacial score (nSPS) is 10.5. The van der Waals surface area contributed by atoms with E-state index in [4.69, 9.17) is 0 Å². The Hall–Kier alpha value is -0.825. The molecular weight excluding hydrogens is 225 g/mol. The van der Waals surface area contributed by atoms with Gasteiger partial charge in [-0.2, -0.15) is 0 Å². The van der Waals surface area contributed by atoms with Gasteiger partial charge in [0.05, 0.1) is 0 Å². The standard InChI is InChI=1S/C10H9BBrN/c11-5-9-10(12)8-4-2-1-3-7(8)6-13-9/h1-4,6H,5,11H2. The van der Waals surface area contributed by atoms with Crippen LogP contribution in [0.25, 0.3) is 10.8 Å². The molecule has 13 heavy (non-hydrogen) atoms. The lowest BCUT2D eigenvalue weighted by molar-refractivity contribution is 1.17. The molecule has 2 aromatic rings. The van der Waals surface area contributed by atoms with Crippen LogP contribution >= 0.6 is 15.9 Å². The SMILES string of the molecule is BCc1ncc2ccccc2c1Br. The lowest BCUT2D eigenvalue weighted by atomic mass is 10.00. The zero-order valence-corrected chi connectivity index (χ0v) is 9.01. The molecule has 64 valence electrons. The summed E-state index contributed by atoms with van der Waals surface area (Å²) in [5, 5.41) is 2.43. The lowest BCUT2D eigenvalue weighted by Gasteiger charge is -2.04. The van der Waals surface area contributed by atoms with E-state index in [0.29, 0.717) is 0 Å². The second-order valence-corrected chi connectivity index (χ2v) is 3.75. The average Bonchev–Trinajstić information content (AvgIpc) is 2.19. The molecule has 0 radical (unpaired) electrons. The van der Waals surface area contributed by atoms with E-state index in [9.17, 15) is 0 Å². The predicted molar refractivity (Wildman–Crippen MR) is 61.7 cm³/mol. The van der Waals surface area contributed by atoms with Crippen LogP contribution in [0, 0.1) is 0 Å². The number of hydrogen-bond donors (Lipinski definition) is 0. The van der Waals surface area contributed by atoms with Crippen molar-refractivity contribution in [2.75, 3.05) is 0 Å². The highest BCUT2D eigenvalue weighted by Gasteiger charge is 2.03. The maximum Gasteiger partial charge on any atom is 0.109 e. The summed E-state index contributed by atoms with van der Waals surface area (Å²) in [6.45, 7) is 0. The number of benzene rings is 1. The first-order valence-corrected chi connectivity index (χ1v) is 5.14. The Labute approximate surface area is 86.7 Å². The summed E-state index contributed by atoms with van der Waals surface area (Å²) in [7, 11) is 2.11. The molecule has 1 nitrogen and oxygen atoms in total. The molecule has 0 spiro atoms. The van der Waals surface area contributed by atoms with Gasteiger partial charge in [-0.05, 0) is 27.6 Å². The Morgan fingerprint density at radius 2 is 2.08 bits per heavy atom. The van der Waals surface area contributed by atoms with E-state index in [-0.39, 0.29) is 0 Å². The topological polar surface area (TPSA) is 12.9 Å². The van der Waals surface area contributed by atoms with Crippen LogP contribution in [-0.2, 0) is 6.32 Å². The zero-order chi connectivity index (χ0) is 9.26. The van der Waals surface area contributed by atoms with E-state index < -0.39 is 0 Å². The van der Waals surface area contributed by atoms with Crippen LogP contribution in [0.15, 0.2) is 34.9 Å². The first-order chi connectivity index (χ1) is 6.33. The molecule has 0 saturated heterocycles. The van der Waals surface area contributed by atoms with E-state index >= 15 is 0 Å². The quantitative estimate of drug-likeness (QED) is 0.688. The van der Waals surface area contributed by atoms with Gasteiger partial charge in [0.2, 0.25) is 0 Å². The third-order valence-electron chi connectivity index (χ3n) is 2.14. The van der Waals surface area contributed by atoms with Crippen molar-refractivity contribution in [3.8, 4) is 0 Å². The molecular formula is C10H9BBrN. The van der Waals surface area contributed by atoms with Gasteiger partial charge in [-0.25, -0.2) is 0 Å². The molecule has 0 atom stereocenters. The van der Waals surface area contributed by atoms with Gasteiger partial charge >= 0.3 is 0 Å². The number of hydrogen-bond acceptors (Lipinski definition) is 1. The summed E-state index contributed by atoms with van der Waals surface area (Å²) in [6.07, 6.45) is 2.89. The second kappa shape index (κ2) is 3.50. The van der Waals surface area contributed by atoms with Crippen molar-refractivity contribution in [3.63, 3.8) is 0 Å². The predicted octanol–water partition coefficient (Wildman–Crippen LogP) is 2.13. The molecule has 1 aromatic heterocycles. The molecule has 0 fully saturated rings. The molecule has 1 heterocycles. The minimum absolute atomic E-state index is 0.964. The second-order valence-electron chi connectivity index (χ2n) is 2.96. The summed E-state index contributed by atoms with van der Waals surface area (Å²) in [5.74, 6) is 0. The van der Waals surface area contributed by atoms with Crippen LogP contribution in [-0.4, -0.2) is 12.8 Å². The Morgan fingerprint density at radius 1 is 1.31 bits per heavy atom. The molecule has 2 rings (SSSR count). The number of rotatable bonds is 1. The van der Waals surface area contributed by atoms with E-state index in [0.717, 1.165) is 16.5 Å². The average molecular weight is 234 g/mol.